The molecule has 0 aromatic carbocycles. The van der Waals surface area contributed by atoms with Crippen molar-refractivity contribution in [1.82, 2.24) is 5.32 Å². The van der Waals surface area contributed by atoms with E-state index in [9.17, 15) is 9.90 Å². The lowest BCUT2D eigenvalue weighted by Gasteiger charge is -2.33. The van der Waals surface area contributed by atoms with Gasteiger partial charge in [0.2, 0.25) is 0 Å². The van der Waals surface area contributed by atoms with Crippen LogP contribution < -0.4 is 5.32 Å². The fourth-order valence-corrected chi connectivity index (χ4v) is 2.03. The molecule has 0 spiro atoms. The molecule has 0 aromatic heterocycles. The minimum Gasteiger partial charge on any atom is -0.481 e. The molecule has 4 nitrogen and oxygen atoms in total. The van der Waals surface area contributed by atoms with Gasteiger partial charge >= 0.3 is 5.97 Å². The largest absolute Gasteiger partial charge is 0.481 e. The van der Waals surface area contributed by atoms with Gasteiger partial charge in [0.15, 0.2) is 0 Å². The molecule has 1 fully saturated rings. The Kier molecular flexibility index (Phi) is 6.89. The zero-order valence-electron chi connectivity index (χ0n) is 9.12. The van der Waals surface area contributed by atoms with E-state index in [4.69, 9.17) is 4.74 Å². The highest BCUT2D eigenvalue weighted by molar-refractivity contribution is 5.85. The van der Waals surface area contributed by atoms with E-state index in [1.165, 1.54) is 0 Å². The van der Waals surface area contributed by atoms with Gasteiger partial charge in [-0.3, -0.25) is 4.79 Å². The summed E-state index contributed by atoms with van der Waals surface area (Å²) in [7, 11) is 1.65. The van der Waals surface area contributed by atoms with Crippen LogP contribution in [0.4, 0.5) is 0 Å². The minimum absolute atomic E-state index is 0. The van der Waals surface area contributed by atoms with E-state index in [0.29, 0.717) is 19.6 Å². The number of hydrogen-bond acceptors (Lipinski definition) is 3. The number of halogens is 1. The first-order chi connectivity index (χ1) is 6.71. The Hall–Kier alpha value is -0.320. The Bertz CT molecular complexity index is 193. The number of rotatable bonds is 5. The van der Waals surface area contributed by atoms with Gasteiger partial charge in [-0.15, -0.1) is 12.4 Å². The van der Waals surface area contributed by atoms with Gasteiger partial charge in [0.05, 0.1) is 5.41 Å². The summed E-state index contributed by atoms with van der Waals surface area (Å²) in [6, 6.07) is 0. The predicted octanol–water partition coefficient (Wildman–Crippen LogP) is 1.29. The summed E-state index contributed by atoms with van der Waals surface area (Å²) in [5, 5.41) is 12.4. The van der Waals surface area contributed by atoms with Crippen LogP contribution in [0.2, 0.25) is 0 Å². The number of methoxy groups -OCH3 is 1. The van der Waals surface area contributed by atoms with E-state index < -0.39 is 11.4 Å². The van der Waals surface area contributed by atoms with Crippen LogP contribution in [-0.2, 0) is 9.53 Å². The summed E-state index contributed by atoms with van der Waals surface area (Å²) in [5.74, 6) is -0.666. The zero-order chi connectivity index (χ0) is 10.4. The van der Waals surface area contributed by atoms with Crippen LogP contribution in [-0.4, -0.2) is 37.9 Å². The lowest BCUT2D eigenvalue weighted by Crippen LogP contribution is -2.45. The molecule has 1 atom stereocenters. The summed E-state index contributed by atoms with van der Waals surface area (Å²) >= 11 is 0. The standard InChI is InChI=1S/C10H19NO3.ClH/c1-14-7-3-5-10(9(12)13)4-2-6-11-8-10;/h11H,2-8H2,1H3,(H,12,13);1H. The van der Waals surface area contributed by atoms with E-state index >= 15 is 0 Å². The van der Waals surface area contributed by atoms with Crippen molar-refractivity contribution in [3.63, 3.8) is 0 Å². The zero-order valence-corrected chi connectivity index (χ0v) is 9.94. The van der Waals surface area contributed by atoms with E-state index in [-0.39, 0.29) is 12.4 Å². The summed E-state index contributed by atoms with van der Waals surface area (Å²) in [4.78, 5) is 11.2. The van der Waals surface area contributed by atoms with Crippen molar-refractivity contribution in [2.75, 3.05) is 26.8 Å². The van der Waals surface area contributed by atoms with Gasteiger partial charge in [0, 0.05) is 20.3 Å². The second kappa shape index (κ2) is 7.04. The highest BCUT2D eigenvalue weighted by atomic mass is 35.5. The Morgan fingerprint density at radius 1 is 1.60 bits per heavy atom. The van der Waals surface area contributed by atoms with E-state index in [1.54, 1.807) is 7.11 Å². The van der Waals surface area contributed by atoms with Crippen molar-refractivity contribution in [2.45, 2.75) is 25.7 Å². The number of carboxylic acids is 1. The number of piperidine rings is 1. The summed E-state index contributed by atoms with van der Waals surface area (Å²) in [5.41, 5.74) is -0.545. The molecule has 0 radical (unpaired) electrons. The summed E-state index contributed by atoms with van der Waals surface area (Å²) in [6.45, 7) is 2.19. The van der Waals surface area contributed by atoms with Crippen LogP contribution in [0.3, 0.4) is 0 Å². The van der Waals surface area contributed by atoms with Gasteiger partial charge in [-0.2, -0.15) is 0 Å². The third kappa shape index (κ3) is 3.97. The molecule has 5 heteroatoms. The molecular weight excluding hydrogens is 218 g/mol. The number of nitrogens with one attached hydrogen (secondary N) is 1. The number of carboxylic acid groups (broad SMARTS) is 1. The molecule has 90 valence electrons. The molecule has 2 N–H and O–H groups in total. The van der Waals surface area contributed by atoms with E-state index in [2.05, 4.69) is 5.32 Å². The maximum atomic E-state index is 11.2. The Morgan fingerprint density at radius 2 is 2.33 bits per heavy atom. The topological polar surface area (TPSA) is 58.6 Å². The Balaban J connectivity index is 0.00000196. The molecule has 1 rings (SSSR count). The van der Waals surface area contributed by atoms with Gasteiger partial charge in [0.25, 0.3) is 0 Å². The number of ether oxygens (including phenoxy) is 1. The summed E-state index contributed by atoms with van der Waals surface area (Å²) in [6.07, 6.45) is 3.28. The van der Waals surface area contributed by atoms with Gasteiger partial charge in [-0.05, 0) is 32.2 Å². The van der Waals surface area contributed by atoms with Crippen LogP contribution in [0.25, 0.3) is 0 Å². The molecule has 0 saturated carbocycles. The van der Waals surface area contributed by atoms with Crippen molar-refractivity contribution in [3.8, 4) is 0 Å². The molecule has 1 aliphatic rings. The third-order valence-electron chi connectivity index (χ3n) is 2.93. The predicted molar refractivity (Wildman–Crippen MR) is 60.5 cm³/mol. The molecule has 1 aliphatic heterocycles. The first-order valence-corrected chi connectivity index (χ1v) is 5.14. The number of carbonyl (C=O) groups is 1. The highest BCUT2D eigenvalue weighted by Crippen LogP contribution is 2.31. The molecule has 0 amide bonds. The molecule has 15 heavy (non-hydrogen) atoms. The quantitative estimate of drug-likeness (QED) is 0.708. The molecule has 0 aliphatic carbocycles. The maximum Gasteiger partial charge on any atom is 0.310 e. The fourth-order valence-electron chi connectivity index (χ4n) is 2.03. The number of hydrogen-bond donors (Lipinski definition) is 2. The van der Waals surface area contributed by atoms with Gasteiger partial charge in [-0.1, -0.05) is 0 Å². The van der Waals surface area contributed by atoms with Crippen molar-refractivity contribution in [2.24, 2.45) is 5.41 Å². The lowest BCUT2D eigenvalue weighted by molar-refractivity contribution is -0.150. The second-order valence-electron chi connectivity index (χ2n) is 3.96. The van der Waals surface area contributed by atoms with Gasteiger partial charge < -0.3 is 15.2 Å². The van der Waals surface area contributed by atoms with Crippen LogP contribution in [0, 0.1) is 5.41 Å². The van der Waals surface area contributed by atoms with Gasteiger partial charge in [0.1, 0.15) is 0 Å². The maximum absolute atomic E-state index is 11.2. The molecule has 0 bridgehead atoms. The monoisotopic (exact) mass is 237 g/mol. The first kappa shape index (κ1) is 14.7. The molecule has 1 heterocycles. The second-order valence-corrected chi connectivity index (χ2v) is 3.96. The Labute approximate surface area is 96.8 Å². The fraction of sp³-hybridized carbons (Fsp3) is 0.900. The summed E-state index contributed by atoms with van der Waals surface area (Å²) < 4.78 is 4.94. The number of aliphatic carboxylic acids is 1. The molecule has 1 unspecified atom stereocenters. The average Bonchev–Trinajstić information content (AvgIpc) is 2.19. The molecular formula is C10H20ClNO3. The third-order valence-corrected chi connectivity index (χ3v) is 2.93. The van der Waals surface area contributed by atoms with Crippen LogP contribution in [0.5, 0.6) is 0 Å². The minimum atomic E-state index is -0.666. The van der Waals surface area contributed by atoms with E-state index in [1.807, 2.05) is 0 Å². The van der Waals surface area contributed by atoms with Crippen LogP contribution >= 0.6 is 12.4 Å². The van der Waals surface area contributed by atoms with Crippen molar-refractivity contribution >= 4 is 18.4 Å². The smallest absolute Gasteiger partial charge is 0.310 e. The highest BCUT2D eigenvalue weighted by Gasteiger charge is 2.38. The van der Waals surface area contributed by atoms with Crippen LogP contribution in [0.15, 0.2) is 0 Å². The van der Waals surface area contributed by atoms with Gasteiger partial charge in [-0.25, -0.2) is 0 Å². The SMILES string of the molecule is COCCCC1(C(=O)O)CCCNC1.Cl. The van der Waals surface area contributed by atoms with Crippen molar-refractivity contribution in [1.29, 1.82) is 0 Å². The lowest BCUT2D eigenvalue weighted by atomic mass is 9.77. The normalized spacial score (nSPS) is 25.7. The molecule has 0 aromatic rings. The van der Waals surface area contributed by atoms with Crippen LogP contribution in [0.1, 0.15) is 25.7 Å². The molecule has 1 saturated heterocycles. The van der Waals surface area contributed by atoms with Crippen molar-refractivity contribution in [3.05, 3.63) is 0 Å². The first-order valence-electron chi connectivity index (χ1n) is 5.14. The average molecular weight is 238 g/mol. The Morgan fingerprint density at radius 3 is 2.80 bits per heavy atom. The van der Waals surface area contributed by atoms with Crippen molar-refractivity contribution < 1.29 is 14.6 Å². The van der Waals surface area contributed by atoms with E-state index in [0.717, 1.165) is 25.8 Å².